The van der Waals surface area contributed by atoms with Crippen LogP contribution in [0.25, 0.3) is 11.0 Å². The van der Waals surface area contributed by atoms with Crippen molar-refractivity contribution in [3.63, 3.8) is 0 Å². The van der Waals surface area contributed by atoms with Crippen molar-refractivity contribution in [2.75, 3.05) is 13.7 Å². The van der Waals surface area contributed by atoms with Crippen LogP contribution in [0.2, 0.25) is 0 Å². The number of para-hydroxylation sites is 2. The maximum atomic E-state index is 12.9. The highest BCUT2D eigenvalue weighted by atomic mass is 79.9. The highest BCUT2D eigenvalue weighted by Gasteiger charge is 2.30. The first-order chi connectivity index (χ1) is 17.2. The summed E-state index contributed by atoms with van der Waals surface area (Å²) >= 11 is 0. The van der Waals surface area contributed by atoms with Gasteiger partial charge in [-0.1, -0.05) is 30.3 Å². The van der Waals surface area contributed by atoms with Gasteiger partial charge in [0.2, 0.25) is 0 Å². The molecule has 7 nitrogen and oxygen atoms in total. The molecule has 0 spiro atoms. The Morgan fingerprint density at radius 2 is 1.97 bits per heavy atom. The summed E-state index contributed by atoms with van der Waals surface area (Å²) in [5.74, 6) is 1.03. The van der Waals surface area contributed by atoms with Gasteiger partial charge in [0.25, 0.3) is 0 Å². The van der Waals surface area contributed by atoms with Crippen LogP contribution in [-0.4, -0.2) is 39.5 Å². The Bertz CT molecular complexity index is 1310. The third kappa shape index (κ3) is 5.29. The maximum absolute atomic E-state index is 12.9. The molecule has 1 N–H and O–H groups in total. The molecule has 36 heavy (non-hydrogen) atoms. The third-order valence-electron chi connectivity index (χ3n) is 6.58. The van der Waals surface area contributed by atoms with Gasteiger partial charge < -0.3 is 14.5 Å². The Morgan fingerprint density at radius 1 is 1.11 bits per heavy atom. The smallest absolute Gasteiger partial charge is 0.342 e. The molecule has 1 aliphatic rings. The largest absolute Gasteiger partial charge is 0.496 e. The highest BCUT2D eigenvalue weighted by molar-refractivity contribution is 8.93. The van der Waals surface area contributed by atoms with Crippen molar-refractivity contribution >= 4 is 34.0 Å². The number of benzene rings is 2. The van der Waals surface area contributed by atoms with Crippen molar-refractivity contribution in [1.82, 2.24) is 19.9 Å². The second kappa shape index (κ2) is 11.7. The van der Waals surface area contributed by atoms with E-state index in [1.54, 1.807) is 13.2 Å². The predicted molar refractivity (Wildman–Crippen MR) is 145 cm³/mol. The molecule has 0 saturated heterocycles. The van der Waals surface area contributed by atoms with Gasteiger partial charge in [0.15, 0.2) is 0 Å². The molecule has 1 aliphatic carbocycles. The van der Waals surface area contributed by atoms with Gasteiger partial charge in [-0.2, -0.15) is 0 Å². The second-order valence-corrected chi connectivity index (χ2v) is 8.78. The zero-order chi connectivity index (χ0) is 24.2. The molecule has 4 aromatic rings. The van der Waals surface area contributed by atoms with Crippen LogP contribution in [0.1, 0.15) is 58.8 Å². The topological polar surface area (TPSA) is 80.3 Å². The number of halogens is 1. The molecule has 2 aromatic heterocycles. The molecular weight excluding hydrogens is 520 g/mol. The van der Waals surface area contributed by atoms with Crippen LogP contribution in [0.4, 0.5) is 0 Å². The molecule has 1 atom stereocenters. The number of aryl methyl sites for hydroxylation is 1. The van der Waals surface area contributed by atoms with Gasteiger partial charge in [0, 0.05) is 12.7 Å². The summed E-state index contributed by atoms with van der Waals surface area (Å²) in [7, 11) is 1.58. The SMILES string of the molecule is Br.CCOC(=O)c1c(CN(Cc2nc3ccccc3[nH]2)C2CCCc3cccnc32)cccc1OC. The molecule has 0 fully saturated rings. The number of fused-ring (bicyclic) bond motifs is 2. The Balaban J connectivity index is 0.00000304. The minimum absolute atomic E-state index is 0. The minimum Gasteiger partial charge on any atom is -0.496 e. The number of rotatable bonds is 8. The standard InChI is InChI=1S/C28H30N4O3.BrH/c1-3-35-28(33)26-20(10-7-15-24(26)34-2)17-32(18-25-30-21-12-4-5-13-22(21)31-25)23-14-6-9-19-11-8-16-29-27(19)23;/h4-5,7-8,10-13,15-16,23H,3,6,9,14,17-18H2,1-2H3,(H,30,31);1H. The number of carbonyl (C=O) groups is 1. The van der Waals surface area contributed by atoms with Crippen LogP contribution in [0.5, 0.6) is 5.75 Å². The average Bonchev–Trinajstić information content (AvgIpc) is 3.30. The van der Waals surface area contributed by atoms with Crippen LogP contribution in [-0.2, 0) is 24.2 Å². The molecular formula is C28H31BrN4O3. The molecule has 0 radical (unpaired) electrons. The summed E-state index contributed by atoms with van der Waals surface area (Å²) < 4.78 is 10.9. The van der Waals surface area contributed by atoms with Gasteiger partial charge in [-0.3, -0.25) is 9.88 Å². The number of aromatic amines is 1. The lowest BCUT2D eigenvalue weighted by atomic mass is 9.90. The summed E-state index contributed by atoms with van der Waals surface area (Å²) in [5.41, 5.74) is 5.69. The lowest BCUT2D eigenvalue weighted by molar-refractivity contribution is 0.0518. The molecule has 188 valence electrons. The van der Waals surface area contributed by atoms with Crippen LogP contribution in [0.15, 0.2) is 60.8 Å². The van der Waals surface area contributed by atoms with Gasteiger partial charge in [-0.05, 0) is 61.6 Å². The van der Waals surface area contributed by atoms with E-state index >= 15 is 0 Å². The molecule has 5 rings (SSSR count). The Morgan fingerprint density at radius 3 is 2.78 bits per heavy atom. The third-order valence-corrected chi connectivity index (χ3v) is 6.58. The quantitative estimate of drug-likeness (QED) is 0.279. The zero-order valence-electron chi connectivity index (χ0n) is 20.6. The fourth-order valence-corrected chi connectivity index (χ4v) is 5.02. The zero-order valence-corrected chi connectivity index (χ0v) is 22.3. The number of ether oxygens (including phenoxy) is 2. The van der Waals surface area contributed by atoms with Crippen molar-refractivity contribution in [3.05, 3.63) is 89.0 Å². The minimum atomic E-state index is -0.370. The molecule has 0 bridgehead atoms. The van der Waals surface area contributed by atoms with Crippen molar-refractivity contribution in [2.24, 2.45) is 0 Å². The van der Waals surface area contributed by atoms with E-state index in [9.17, 15) is 4.79 Å². The summed E-state index contributed by atoms with van der Waals surface area (Å²) in [6, 6.07) is 18.0. The van der Waals surface area contributed by atoms with E-state index in [1.807, 2.05) is 55.6 Å². The monoisotopic (exact) mass is 550 g/mol. The summed E-state index contributed by atoms with van der Waals surface area (Å²) in [6.07, 6.45) is 4.98. The van der Waals surface area contributed by atoms with E-state index in [-0.39, 0.29) is 29.0 Å². The number of aromatic nitrogens is 3. The number of imidazole rings is 1. The summed E-state index contributed by atoms with van der Waals surface area (Å²) in [6.45, 7) is 3.24. The number of esters is 1. The van der Waals surface area contributed by atoms with Crippen molar-refractivity contribution < 1.29 is 14.3 Å². The number of pyridine rings is 1. The fourth-order valence-electron chi connectivity index (χ4n) is 5.02. The second-order valence-electron chi connectivity index (χ2n) is 8.78. The van der Waals surface area contributed by atoms with E-state index < -0.39 is 0 Å². The van der Waals surface area contributed by atoms with Crippen molar-refractivity contribution in [3.8, 4) is 5.75 Å². The molecule has 2 aromatic carbocycles. The van der Waals surface area contributed by atoms with E-state index in [0.717, 1.165) is 47.4 Å². The van der Waals surface area contributed by atoms with Gasteiger partial charge in [0.1, 0.15) is 17.1 Å². The Kier molecular flexibility index (Phi) is 8.38. The lowest BCUT2D eigenvalue weighted by Gasteiger charge is -2.35. The first-order valence-corrected chi connectivity index (χ1v) is 12.1. The summed E-state index contributed by atoms with van der Waals surface area (Å²) in [5, 5.41) is 0. The number of H-pyrrole nitrogens is 1. The van der Waals surface area contributed by atoms with E-state index in [2.05, 4.69) is 16.0 Å². The maximum Gasteiger partial charge on any atom is 0.342 e. The molecule has 2 heterocycles. The van der Waals surface area contributed by atoms with Crippen molar-refractivity contribution in [2.45, 2.75) is 45.3 Å². The van der Waals surface area contributed by atoms with Crippen LogP contribution < -0.4 is 4.74 Å². The molecule has 1 unspecified atom stereocenters. The fraction of sp³-hybridized carbons (Fsp3) is 0.321. The highest BCUT2D eigenvalue weighted by Crippen LogP contribution is 2.36. The number of carbonyl (C=O) groups excluding carboxylic acids is 1. The summed E-state index contributed by atoms with van der Waals surface area (Å²) in [4.78, 5) is 28.4. The molecule has 0 aliphatic heterocycles. The van der Waals surface area contributed by atoms with E-state index in [0.29, 0.717) is 31.0 Å². The molecule has 8 heteroatoms. The van der Waals surface area contributed by atoms with Crippen LogP contribution in [0.3, 0.4) is 0 Å². The van der Waals surface area contributed by atoms with Crippen LogP contribution in [0, 0.1) is 0 Å². The Hall–Kier alpha value is -3.23. The number of hydrogen-bond acceptors (Lipinski definition) is 6. The number of nitrogens with zero attached hydrogens (tertiary/aromatic N) is 3. The van der Waals surface area contributed by atoms with E-state index in [1.165, 1.54) is 5.56 Å². The van der Waals surface area contributed by atoms with Crippen LogP contribution >= 0.6 is 17.0 Å². The predicted octanol–water partition coefficient (Wildman–Crippen LogP) is 5.80. The number of methoxy groups -OCH3 is 1. The lowest BCUT2D eigenvalue weighted by Crippen LogP contribution is -2.32. The number of nitrogens with one attached hydrogen (secondary N) is 1. The first kappa shape index (κ1) is 25.9. The number of hydrogen-bond donors (Lipinski definition) is 1. The average molecular weight is 551 g/mol. The normalized spacial score (nSPS) is 14.8. The molecule has 0 amide bonds. The van der Waals surface area contributed by atoms with Crippen molar-refractivity contribution in [1.29, 1.82) is 0 Å². The van der Waals surface area contributed by atoms with Gasteiger partial charge in [0.05, 0.1) is 43.0 Å². The Labute approximate surface area is 221 Å². The van der Waals surface area contributed by atoms with E-state index in [4.69, 9.17) is 19.4 Å². The molecule has 0 saturated carbocycles. The van der Waals surface area contributed by atoms with Gasteiger partial charge in [-0.25, -0.2) is 9.78 Å². The van der Waals surface area contributed by atoms with Gasteiger partial charge >= 0.3 is 5.97 Å². The first-order valence-electron chi connectivity index (χ1n) is 12.1. The van der Waals surface area contributed by atoms with Gasteiger partial charge in [-0.15, -0.1) is 17.0 Å².